The first-order chi connectivity index (χ1) is 18.4. The molecule has 0 amide bonds. The highest BCUT2D eigenvalue weighted by Crippen LogP contribution is 2.53. The van der Waals surface area contributed by atoms with Crippen molar-refractivity contribution < 1.29 is 13.9 Å². The van der Waals surface area contributed by atoms with Crippen LogP contribution in [0.25, 0.3) is 0 Å². The fourth-order valence-electron chi connectivity index (χ4n) is 5.59. The lowest BCUT2D eigenvalue weighted by atomic mass is 9.62. The Kier molecular flexibility index (Phi) is 8.21. The number of aliphatic hydroxyl groups is 1. The van der Waals surface area contributed by atoms with E-state index in [0.717, 1.165) is 6.07 Å². The Hall–Kier alpha value is -3.20. The van der Waals surface area contributed by atoms with Gasteiger partial charge in [-0.05, 0) is 53.8 Å². The van der Waals surface area contributed by atoms with Gasteiger partial charge in [0.2, 0.25) is 0 Å². The van der Waals surface area contributed by atoms with Crippen LogP contribution in [0, 0.1) is 39.7 Å². The molecule has 4 rings (SSSR count). The van der Waals surface area contributed by atoms with Gasteiger partial charge in [-0.3, -0.25) is 0 Å². The maximum Gasteiger partial charge on any atom is 0.145 e. The quantitative estimate of drug-likeness (QED) is 0.281. The molecule has 1 aliphatic rings. The van der Waals surface area contributed by atoms with Gasteiger partial charge in [0.15, 0.2) is 0 Å². The Labute approximate surface area is 237 Å². The van der Waals surface area contributed by atoms with Crippen LogP contribution in [-0.2, 0) is 5.41 Å². The third-order valence-electron chi connectivity index (χ3n) is 7.13. The standard InChI is InChI=1S/C30H28Cl2F2N4O/c1-29(2,3)14-24-30(16-36,21-11-10-18(31)13-23(21)33)25(20-8-5-9-22(32)26(20)34)27(38-24)28(39)37-19-7-4-6-17(12-19)15-35/h4-13,24-25,27-28,37-39H,14H2,1-3H3. The second-order valence-electron chi connectivity index (χ2n) is 11.0. The number of hydrogen-bond donors (Lipinski definition) is 3. The van der Waals surface area contributed by atoms with E-state index in [1.165, 1.54) is 24.3 Å². The molecule has 0 aliphatic carbocycles. The molecule has 1 heterocycles. The van der Waals surface area contributed by atoms with E-state index >= 15 is 8.78 Å². The molecule has 5 atom stereocenters. The number of benzene rings is 3. The van der Waals surface area contributed by atoms with Crippen molar-refractivity contribution >= 4 is 28.9 Å². The lowest BCUT2D eigenvalue weighted by molar-refractivity contribution is 0.149. The molecule has 39 heavy (non-hydrogen) atoms. The van der Waals surface area contributed by atoms with Crippen molar-refractivity contribution in [3.8, 4) is 12.1 Å². The van der Waals surface area contributed by atoms with Crippen LogP contribution in [-0.4, -0.2) is 23.4 Å². The SMILES string of the molecule is CC(C)(C)CC1NC(C(O)Nc2cccc(C#N)c2)C(c2cccc(Cl)c2F)C1(C#N)c1ccc(Cl)cc1F. The number of rotatable bonds is 6. The predicted molar refractivity (Wildman–Crippen MR) is 148 cm³/mol. The summed E-state index contributed by atoms with van der Waals surface area (Å²) in [6.07, 6.45) is -0.968. The van der Waals surface area contributed by atoms with E-state index in [1.54, 1.807) is 30.3 Å². The molecule has 1 saturated heterocycles. The molecule has 0 aromatic heterocycles. The fraction of sp³-hybridized carbons (Fsp3) is 0.333. The highest BCUT2D eigenvalue weighted by molar-refractivity contribution is 6.31. The van der Waals surface area contributed by atoms with Gasteiger partial charge >= 0.3 is 0 Å². The van der Waals surface area contributed by atoms with Crippen molar-refractivity contribution in [3.63, 3.8) is 0 Å². The summed E-state index contributed by atoms with van der Waals surface area (Å²) in [6.45, 7) is 5.96. The maximum atomic E-state index is 15.7. The van der Waals surface area contributed by atoms with Gasteiger partial charge in [-0.15, -0.1) is 0 Å². The minimum Gasteiger partial charge on any atom is -0.372 e. The van der Waals surface area contributed by atoms with Crippen LogP contribution >= 0.6 is 23.2 Å². The third kappa shape index (κ3) is 5.60. The molecule has 3 aromatic rings. The van der Waals surface area contributed by atoms with Gasteiger partial charge in [0.1, 0.15) is 23.3 Å². The van der Waals surface area contributed by atoms with Gasteiger partial charge in [-0.25, -0.2) is 8.78 Å². The largest absolute Gasteiger partial charge is 0.372 e. The second kappa shape index (κ2) is 11.1. The number of halogens is 4. The first-order valence-electron chi connectivity index (χ1n) is 12.4. The summed E-state index contributed by atoms with van der Waals surface area (Å²) >= 11 is 12.2. The Morgan fingerprint density at radius 2 is 1.79 bits per heavy atom. The average molecular weight is 569 g/mol. The zero-order valence-corrected chi connectivity index (χ0v) is 23.2. The van der Waals surface area contributed by atoms with E-state index in [4.69, 9.17) is 23.2 Å². The summed E-state index contributed by atoms with van der Waals surface area (Å²) in [4.78, 5) is 0. The summed E-state index contributed by atoms with van der Waals surface area (Å²) in [5, 5.41) is 38.0. The van der Waals surface area contributed by atoms with Crippen LogP contribution in [0.2, 0.25) is 10.0 Å². The molecule has 3 aromatic carbocycles. The highest BCUT2D eigenvalue weighted by Gasteiger charge is 2.60. The smallest absolute Gasteiger partial charge is 0.145 e. The van der Waals surface area contributed by atoms with Crippen LogP contribution in [0.15, 0.2) is 60.7 Å². The summed E-state index contributed by atoms with van der Waals surface area (Å²) < 4.78 is 31.4. The van der Waals surface area contributed by atoms with Crippen molar-refractivity contribution in [1.82, 2.24) is 5.32 Å². The average Bonchev–Trinajstić information content (AvgIpc) is 3.18. The van der Waals surface area contributed by atoms with E-state index in [1.807, 2.05) is 26.8 Å². The minimum atomic E-state index is -1.66. The lowest BCUT2D eigenvalue weighted by Gasteiger charge is -2.38. The van der Waals surface area contributed by atoms with E-state index in [2.05, 4.69) is 16.7 Å². The van der Waals surface area contributed by atoms with Crippen molar-refractivity contribution in [2.75, 3.05) is 5.32 Å². The monoisotopic (exact) mass is 568 g/mol. The predicted octanol–water partition coefficient (Wildman–Crippen LogP) is 6.90. The lowest BCUT2D eigenvalue weighted by Crippen LogP contribution is -2.45. The number of hydrogen-bond acceptors (Lipinski definition) is 5. The molecular formula is C30H28Cl2F2N4O. The molecule has 3 N–H and O–H groups in total. The van der Waals surface area contributed by atoms with Gasteiger partial charge in [0.25, 0.3) is 0 Å². The van der Waals surface area contributed by atoms with Crippen LogP contribution in [0.4, 0.5) is 14.5 Å². The maximum absolute atomic E-state index is 15.7. The highest BCUT2D eigenvalue weighted by atomic mass is 35.5. The van der Waals surface area contributed by atoms with E-state index in [0.29, 0.717) is 17.7 Å². The molecule has 9 heteroatoms. The van der Waals surface area contributed by atoms with E-state index in [-0.39, 0.29) is 26.6 Å². The Bertz CT molecular complexity index is 1460. The van der Waals surface area contributed by atoms with Gasteiger partial charge in [0, 0.05) is 28.2 Å². The molecule has 0 spiro atoms. The summed E-state index contributed by atoms with van der Waals surface area (Å²) in [7, 11) is 0. The molecule has 0 bridgehead atoms. The molecule has 1 aliphatic heterocycles. The zero-order chi connectivity index (χ0) is 28.5. The van der Waals surface area contributed by atoms with E-state index in [9.17, 15) is 15.6 Å². The number of nitrogens with one attached hydrogen (secondary N) is 2. The summed E-state index contributed by atoms with van der Waals surface area (Å²) in [6, 6.07) is 17.8. The van der Waals surface area contributed by atoms with Gasteiger partial charge in [-0.2, -0.15) is 10.5 Å². The van der Waals surface area contributed by atoms with Crippen LogP contribution in [0.1, 0.15) is 49.8 Å². The van der Waals surface area contributed by atoms with Crippen molar-refractivity contribution in [3.05, 3.63) is 99.0 Å². The first kappa shape index (κ1) is 28.8. The molecule has 1 fully saturated rings. The number of aliphatic hydroxyl groups excluding tert-OH is 1. The fourth-order valence-corrected chi connectivity index (χ4v) is 5.93. The molecule has 5 unspecified atom stereocenters. The molecular weight excluding hydrogens is 541 g/mol. The first-order valence-corrected chi connectivity index (χ1v) is 13.2. The second-order valence-corrected chi connectivity index (χ2v) is 11.9. The molecule has 5 nitrogen and oxygen atoms in total. The topological polar surface area (TPSA) is 91.9 Å². The number of anilines is 1. The van der Waals surface area contributed by atoms with Gasteiger partial charge < -0.3 is 15.7 Å². The molecule has 202 valence electrons. The van der Waals surface area contributed by atoms with Gasteiger partial charge in [0.05, 0.1) is 28.8 Å². The minimum absolute atomic E-state index is 0.0432. The normalized spacial score (nSPS) is 23.6. The van der Waals surface area contributed by atoms with Crippen molar-refractivity contribution in [1.29, 1.82) is 10.5 Å². The van der Waals surface area contributed by atoms with Crippen molar-refractivity contribution in [2.45, 2.75) is 56.8 Å². The number of nitriles is 2. The molecule has 0 saturated carbocycles. The van der Waals surface area contributed by atoms with Crippen LogP contribution in [0.5, 0.6) is 0 Å². The van der Waals surface area contributed by atoms with Crippen molar-refractivity contribution in [2.24, 2.45) is 5.41 Å². The van der Waals surface area contributed by atoms with Gasteiger partial charge in [-0.1, -0.05) is 68.2 Å². The Morgan fingerprint density at radius 3 is 2.44 bits per heavy atom. The number of nitrogens with zero attached hydrogens (tertiary/aromatic N) is 2. The summed E-state index contributed by atoms with van der Waals surface area (Å²) in [5.74, 6) is -2.53. The Morgan fingerprint density at radius 1 is 1.08 bits per heavy atom. The summed E-state index contributed by atoms with van der Waals surface area (Å²) in [5.41, 5.74) is -1.04. The zero-order valence-electron chi connectivity index (χ0n) is 21.6. The van der Waals surface area contributed by atoms with Crippen LogP contribution < -0.4 is 10.6 Å². The third-order valence-corrected chi connectivity index (χ3v) is 7.66. The molecule has 0 radical (unpaired) electrons. The Balaban J connectivity index is 1.95. The van der Waals surface area contributed by atoms with Crippen LogP contribution in [0.3, 0.4) is 0 Å². The van der Waals surface area contributed by atoms with E-state index < -0.39 is 41.3 Å².